The highest BCUT2D eigenvalue weighted by molar-refractivity contribution is 5.88. The molecule has 0 aromatic heterocycles. The molecule has 0 aliphatic heterocycles. The Kier molecular flexibility index (Phi) is 11.2. The minimum atomic E-state index is -1.24. The molecule has 0 aliphatic carbocycles. The van der Waals surface area contributed by atoms with Gasteiger partial charge in [-0.05, 0) is 48.1 Å². The van der Waals surface area contributed by atoms with Crippen molar-refractivity contribution >= 4 is 11.8 Å². The molecule has 0 fully saturated rings. The predicted molar refractivity (Wildman–Crippen MR) is 150 cm³/mol. The van der Waals surface area contributed by atoms with Gasteiger partial charge in [0, 0.05) is 12.5 Å². The second kappa shape index (κ2) is 14.8. The van der Waals surface area contributed by atoms with Gasteiger partial charge in [-0.2, -0.15) is 0 Å². The van der Waals surface area contributed by atoms with Crippen LogP contribution in [0.3, 0.4) is 0 Å². The average Bonchev–Trinajstić information content (AvgIpc) is 2.92. The van der Waals surface area contributed by atoms with E-state index < -0.39 is 36.0 Å². The molecule has 0 heterocycles. The molecule has 5 unspecified atom stereocenters. The fraction of sp³-hybridized carbons (Fsp3) is 0.290. The number of primary amides is 1. The van der Waals surface area contributed by atoms with Crippen molar-refractivity contribution in [1.29, 1.82) is 0 Å². The highest BCUT2D eigenvalue weighted by atomic mass is 16.3. The number of amides is 2. The number of aliphatic hydroxyl groups is 2. The lowest BCUT2D eigenvalue weighted by molar-refractivity contribution is -0.131. The van der Waals surface area contributed by atoms with E-state index in [4.69, 9.17) is 11.5 Å². The molecule has 8 N–H and O–H groups in total. The Morgan fingerprint density at radius 2 is 1.31 bits per heavy atom. The summed E-state index contributed by atoms with van der Waals surface area (Å²) in [5, 5.41) is 33.6. The fourth-order valence-electron chi connectivity index (χ4n) is 4.37. The summed E-state index contributed by atoms with van der Waals surface area (Å²) in [6.45, 7) is 0. The van der Waals surface area contributed by atoms with Crippen LogP contribution in [0.15, 0.2) is 97.1 Å². The second-order valence-corrected chi connectivity index (χ2v) is 9.76. The molecule has 3 aromatic rings. The molecule has 0 saturated heterocycles. The van der Waals surface area contributed by atoms with Gasteiger partial charge in [-0.25, -0.2) is 0 Å². The summed E-state index contributed by atoms with van der Waals surface area (Å²) in [6.07, 6.45) is 1.82. The molecule has 0 radical (unpaired) electrons. The Morgan fingerprint density at radius 3 is 1.87 bits per heavy atom. The number of hydrogen-bond donors (Lipinski definition) is 6. The van der Waals surface area contributed by atoms with E-state index >= 15 is 0 Å². The Balaban J connectivity index is 1.67. The summed E-state index contributed by atoms with van der Waals surface area (Å²) in [5.74, 6) is -1.96. The van der Waals surface area contributed by atoms with Crippen LogP contribution in [0.2, 0.25) is 0 Å². The van der Waals surface area contributed by atoms with Crippen molar-refractivity contribution in [2.75, 3.05) is 0 Å². The maximum absolute atomic E-state index is 13.3. The maximum Gasteiger partial charge on any atom is 0.240 e. The molecular weight excluding hydrogens is 494 g/mol. The van der Waals surface area contributed by atoms with Crippen molar-refractivity contribution in [2.24, 2.45) is 17.4 Å². The molecule has 0 spiro atoms. The number of benzene rings is 3. The normalized spacial score (nSPS) is 15.3. The van der Waals surface area contributed by atoms with Crippen LogP contribution in [0.5, 0.6) is 5.75 Å². The lowest BCUT2D eigenvalue weighted by atomic mass is 9.91. The third kappa shape index (κ3) is 10.0. The number of carbonyl (C=O) groups is 2. The number of rotatable bonds is 14. The summed E-state index contributed by atoms with van der Waals surface area (Å²) in [5.41, 5.74) is 14.4. The molecule has 0 aliphatic rings. The van der Waals surface area contributed by atoms with E-state index in [1.807, 2.05) is 60.7 Å². The Morgan fingerprint density at radius 1 is 0.769 bits per heavy atom. The molecule has 8 nitrogen and oxygen atoms in total. The zero-order valence-corrected chi connectivity index (χ0v) is 21.8. The molecule has 206 valence electrons. The fourth-order valence-corrected chi connectivity index (χ4v) is 4.37. The van der Waals surface area contributed by atoms with Gasteiger partial charge in [0.15, 0.2) is 0 Å². The van der Waals surface area contributed by atoms with E-state index in [0.717, 1.165) is 16.7 Å². The minimum absolute atomic E-state index is 0.167. The molecule has 8 heteroatoms. The lowest BCUT2D eigenvalue weighted by Crippen LogP contribution is -2.50. The number of hydrogen-bond acceptors (Lipinski definition) is 6. The van der Waals surface area contributed by atoms with Gasteiger partial charge in [-0.3, -0.25) is 9.59 Å². The first kappa shape index (κ1) is 29.6. The number of carbonyl (C=O) groups excluding carboxylic acids is 2. The Hall–Kier alpha value is -3.98. The van der Waals surface area contributed by atoms with Crippen molar-refractivity contribution in [2.45, 2.75) is 50.0 Å². The molecule has 0 saturated carbocycles. The van der Waals surface area contributed by atoms with Crippen molar-refractivity contribution in [3.05, 3.63) is 114 Å². The number of nitrogens with one attached hydrogen (secondary N) is 1. The summed E-state index contributed by atoms with van der Waals surface area (Å²) < 4.78 is 0. The van der Waals surface area contributed by atoms with Crippen LogP contribution in [0.4, 0.5) is 0 Å². The van der Waals surface area contributed by atoms with Crippen molar-refractivity contribution < 1.29 is 24.9 Å². The van der Waals surface area contributed by atoms with Gasteiger partial charge in [-0.1, -0.05) is 84.9 Å². The average molecular weight is 532 g/mol. The van der Waals surface area contributed by atoms with Crippen LogP contribution in [-0.2, 0) is 28.9 Å². The first-order valence-corrected chi connectivity index (χ1v) is 13.0. The van der Waals surface area contributed by atoms with E-state index in [1.54, 1.807) is 24.3 Å². The van der Waals surface area contributed by atoms with E-state index in [-0.39, 0.29) is 31.1 Å². The second-order valence-electron chi connectivity index (χ2n) is 9.76. The zero-order valence-electron chi connectivity index (χ0n) is 21.8. The summed E-state index contributed by atoms with van der Waals surface area (Å²) in [7, 11) is 0. The third-order valence-corrected chi connectivity index (χ3v) is 6.50. The van der Waals surface area contributed by atoms with Crippen molar-refractivity contribution in [3.63, 3.8) is 0 Å². The number of nitrogens with two attached hydrogens (primary N) is 2. The van der Waals surface area contributed by atoms with Gasteiger partial charge in [0.05, 0.1) is 18.1 Å². The lowest BCUT2D eigenvalue weighted by Gasteiger charge is -2.24. The Labute approximate surface area is 229 Å². The first-order chi connectivity index (χ1) is 18.7. The van der Waals surface area contributed by atoms with Crippen LogP contribution in [0.25, 0.3) is 0 Å². The van der Waals surface area contributed by atoms with Gasteiger partial charge < -0.3 is 32.1 Å². The summed E-state index contributed by atoms with van der Waals surface area (Å²) in [4.78, 5) is 25.5. The van der Waals surface area contributed by atoms with E-state index in [2.05, 4.69) is 5.32 Å². The van der Waals surface area contributed by atoms with Crippen LogP contribution >= 0.6 is 0 Å². The largest absolute Gasteiger partial charge is 0.508 e. The SMILES string of the molecule is NC(=O)C(Cc1ccccc1)NC(=O)C(Cc1ccccc1)C(O)C=CC(O)CC(N)Cc1ccc(O)cc1. The zero-order chi connectivity index (χ0) is 28.2. The smallest absolute Gasteiger partial charge is 0.240 e. The van der Waals surface area contributed by atoms with Gasteiger partial charge in [0.25, 0.3) is 0 Å². The number of aromatic hydroxyl groups is 1. The highest BCUT2D eigenvalue weighted by Gasteiger charge is 2.29. The maximum atomic E-state index is 13.3. The highest BCUT2D eigenvalue weighted by Crippen LogP contribution is 2.17. The van der Waals surface area contributed by atoms with E-state index in [1.165, 1.54) is 12.2 Å². The number of phenols is 1. The third-order valence-electron chi connectivity index (χ3n) is 6.50. The van der Waals surface area contributed by atoms with Crippen LogP contribution in [0, 0.1) is 5.92 Å². The molecular formula is C31H37N3O5. The number of phenolic OH excluding ortho intramolecular Hbond substituents is 1. The number of aliphatic hydroxyl groups excluding tert-OH is 2. The quantitative estimate of drug-likeness (QED) is 0.175. The van der Waals surface area contributed by atoms with Gasteiger partial charge in [0.1, 0.15) is 11.8 Å². The van der Waals surface area contributed by atoms with Crippen molar-refractivity contribution in [1.82, 2.24) is 5.32 Å². The summed E-state index contributed by atoms with van der Waals surface area (Å²) in [6, 6.07) is 23.8. The Bertz CT molecular complexity index is 1200. The van der Waals surface area contributed by atoms with Crippen LogP contribution in [-0.4, -0.2) is 51.4 Å². The van der Waals surface area contributed by atoms with Gasteiger partial charge in [0.2, 0.25) is 11.8 Å². The van der Waals surface area contributed by atoms with Gasteiger partial charge in [-0.15, -0.1) is 0 Å². The van der Waals surface area contributed by atoms with Crippen molar-refractivity contribution in [3.8, 4) is 5.75 Å². The van der Waals surface area contributed by atoms with Crippen LogP contribution < -0.4 is 16.8 Å². The molecule has 0 bridgehead atoms. The molecule has 39 heavy (non-hydrogen) atoms. The topological polar surface area (TPSA) is 159 Å². The standard InChI is InChI=1S/C31H37N3O5/c32-24(17-23-11-13-25(35)14-12-23)20-26(36)15-16-29(37)27(18-21-7-3-1-4-8-21)31(39)34-28(30(33)38)19-22-9-5-2-6-10-22/h1-16,24,26-29,35-37H,17-20,32H2,(H2,33,38)(H,34,39). The summed E-state index contributed by atoms with van der Waals surface area (Å²) >= 11 is 0. The first-order valence-electron chi connectivity index (χ1n) is 13.0. The molecule has 2 amide bonds. The molecule has 5 atom stereocenters. The molecule has 3 aromatic carbocycles. The predicted octanol–water partition coefficient (Wildman–Crippen LogP) is 2.00. The minimum Gasteiger partial charge on any atom is -0.508 e. The van der Waals surface area contributed by atoms with Crippen LogP contribution in [0.1, 0.15) is 23.1 Å². The molecule has 3 rings (SSSR count). The van der Waals surface area contributed by atoms with E-state index in [0.29, 0.717) is 6.42 Å². The van der Waals surface area contributed by atoms with Gasteiger partial charge >= 0.3 is 0 Å². The van der Waals surface area contributed by atoms with E-state index in [9.17, 15) is 24.9 Å². The monoisotopic (exact) mass is 531 g/mol.